The second kappa shape index (κ2) is 8.48. The molecule has 0 aliphatic rings. The van der Waals surface area contributed by atoms with Crippen LogP contribution in [0.25, 0.3) is 0 Å². The van der Waals surface area contributed by atoms with Crippen LogP contribution in [-0.2, 0) is 16.0 Å². The summed E-state index contributed by atoms with van der Waals surface area (Å²) < 4.78 is 11.9. The molecule has 0 aliphatic carbocycles. The summed E-state index contributed by atoms with van der Waals surface area (Å²) in [6.07, 6.45) is 2.34. The first kappa shape index (κ1) is 15.4. The lowest BCUT2D eigenvalue weighted by Gasteiger charge is -2.14. The molecule has 0 spiro atoms. The van der Waals surface area contributed by atoms with Crippen molar-refractivity contribution in [1.29, 1.82) is 0 Å². The predicted molar refractivity (Wildman–Crippen MR) is 69.8 cm³/mol. The lowest BCUT2D eigenvalue weighted by atomic mass is 10.1. The number of rotatable bonds is 9. The zero-order valence-electron chi connectivity index (χ0n) is 10.9. The summed E-state index contributed by atoms with van der Waals surface area (Å²) >= 11 is 6.04. The first-order valence-corrected chi connectivity index (χ1v) is 6.54. The lowest BCUT2D eigenvalue weighted by Crippen LogP contribution is -2.13. The lowest BCUT2D eigenvalue weighted by molar-refractivity contribution is 0.108. The van der Waals surface area contributed by atoms with E-state index in [0.717, 1.165) is 6.42 Å². The van der Waals surface area contributed by atoms with E-state index in [0.29, 0.717) is 43.5 Å². The number of aromatic nitrogens is 2. The Balaban J connectivity index is 2.54. The fraction of sp³-hybridized carbons (Fsp3) is 0.750. The summed E-state index contributed by atoms with van der Waals surface area (Å²) in [4.78, 5) is 0. The first-order chi connectivity index (χ1) is 8.70. The van der Waals surface area contributed by atoms with Crippen LogP contribution in [0.1, 0.15) is 31.6 Å². The monoisotopic (exact) mass is 276 g/mol. The molecular formula is C12H21ClN2O3. The molecule has 6 heteroatoms. The molecule has 0 saturated carbocycles. The van der Waals surface area contributed by atoms with Crippen LogP contribution in [0.5, 0.6) is 0 Å². The Labute approximate surface area is 113 Å². The average molecular weight is 277 g/mol. The van der Waals surface area contributed by atoms with Crippen molar-refractivity contribution in [3.05, 3.63) is 16.9 Å². The van der Waals surface area contributed by atoms with Crippen LogP contribution in [-0.4, -0.2) is 41.8 Å². The Morgan fingerprint density at radius 3 is 2.94 bits per heavy atom. The number of hydrogen-bond donors (Lipinski definition) is 1. The van der Waals surface area contributed by atoms with Gasteiger partial charge in [-0.05, 0) is 19.8 Å². The quantitative estimate of drug-likeness (QED) is 0.701. The molecule has 0 bridgehead atoms. The number of nitrogens with zero attached hydrogens (tertiary/aromatic N) is 2. The Kier molecular flexibility index (Phi) is 7.27. The molecule has 0 amide bonds. The van der Waals surface area contributed by atoms with Crippen LogP contribution in [0.3, 0.4) is 0 Å². The summed E-state index contributed by atoms with van der Waals surface area (Å²) in [7, 11) is 1.63. The smallest absolute Gasteiger partial charge is 0.0972 e. The number of halogens is 1. The molecule has 1 rings (SSSR count). The van der Waals surface area contributed by atoms with Gasteiger partial charge in [-0.15, -0.1) is 0 Å². The summed E-state index contributed by atoms with van der Waals surface area (Å²) in [5.74, 6) is 0. The molecular weight excluding hydrogens is 256 g/mol. The van der Waals surface area contributed by atoms with Crippen LogP contribution in [0, 0.1) is 0 Å². The molecule has 0 aromatic carbocycles. The van der Waals surface area contributed by atoms with Crippen molar-refractivity contribution < 1.29 is 14.6 Å². The zero-order valence-corrected chi connectivity index (χ0v) is 11.7. The Morgan fingerprint density at radius 1 is 1.50 bits per heavy atom. The highest BCUT2D eigenvalue weighted by atomic mass is 35.5. The highest BCUT2D eigenvalue weighted by Gasteiger charge is 2.17. The van der Waals surface area contributed by atoms with E-state index in [1.807, 2.05) is 6.92 Å². The van der Waals surface area contributed by atoms with Crippen molar-refractivity contribution in [2.24, 2.45) is 0 Å². The van der Waals surface area contributed by atoms with Gasteiger partial charge >= 0.3 is 0 Å². The molecule has 1 unspecified atom stereocenters. The molecule has 0 radical (unpaired) electrons. The Bertz CT molecular complexity index is 344. The standard InChI is InChI=1S/C12H21ClN2O3/c1-3-18-7-4-5-11(16)12-10(13)9-14-15(12)6-8-17-2/h9,11,16H,3-8H2,1-2H3. The molecule has 5 nitrogen and oxygen atoms in total. The van der Waals surface area contributed by atoms with E-state index < -0.39 is 6.10 Å². The Morgan fingerprint density at radius 2 is 2.28 bits per heavy atom. The van der Waals surface area contributed by atoms with Gasteiger partial charge in [-0.1, -0.05) is 11.6 Å². The van der Waals surface area contributed by atoms with Crippen LogP contribution < -0.4 is 0 Å². The number of hydrogen-bond acceptors (Lipinski definition) is 4. The van der Waals surface area contributed by atoms with Crippen molar-refractivity contribution in [2.45, 2.75) is 32.4 Å². The van der Waals surface area contributed by atoms with Crippen LogP contribution >= 0.6 is 11.6 Å². The van der Waals surface area contributed by atoms with Gasteiger partial charge in [0.2, 0.25) is 0 Å². The summed E-state index contributed by atoms with van der Waals surface area (Å²) in [5.41, 5.74) is 0.658. The highest BCUT2D eigenvalue weighted by Crippen LogP contribution is 2.25. The maximum Gasteiger partial charge on any atom is 0.0972 e. The molecule has 104 valence electrons. The van der Waals surface area contributed by atoms with Crippen LogP contribution in [0.4, 0.5) is 0 Å². The van der Waals surface area contributed by atoms with Crippen molar-refractivity contribution in [3.63, 3.8) is 0 Å². The van der Waals surface area contributed by atoms with E-state index in [-0.39, 0.29) is 0 Å². The molecule has 1 N–H and O–H groups in total. The van der Waals surface area contributed by atoms with Gasteiger partial charge in [-0.3, -0.25) is 4.68 Å². The largest absolute Gasteiger partial charge is 0.387 e. The normalized spacial score (nSPS) is 12.9. The van der Waals surface area contributed by atoms with Gasteiger partial charge in [0.05, 0.1) is 36.2 Å². The van der Waals surface area contributed by atoms with Crippen molar-refractivity contribution in [3.8, 4) is 0 Å². The maximum atomic E-state index is 10.1. The minimum Gasteiger partial charge on any atom is -0.387 e. The van der Waals surface area contributed by atoms with E-state index in [9.17, 15) is 5.11 Å². The third-order valence-electron chi connectivity index (χ3n) is 2.63. The summed E-state index contributed by atoms with van der Waals surface area (Å²) in [5, 5.41) is 14.8. The van der Waals surface area contributed by atoms with E-state index in [1.165, 1.54) is 0 Å². The molecule has 1 aromatic rings. The number of methoxy groups -OCH3 is 1. The average Bonchev–Trinajstić information content (AvgIpc) is 2.73. The minimum atomic E-state index is -0.614. The first-order valence-electron chi connectivity index (χ1n) is 6.16. The topological polar surface area (TPSA) is 56.5 Å². The highest BCUT2D eigenvalue weighted by molar-refractivity contribution is 6.31. The third-order valence-corrected chi connectivity index (χ3v) is 2.92. The molecule has 0 saturated heterocycles. The molecule has 0 aliphatic heterocycles. The van der Waals surface area contributed by atoms with Gasteiger partial charge in [0.15, 0.2) is 0 Å². The summed E-state index contributed by atoms with van der Waals surface area (Å²) in [6.45, 7) is 4.42. The fourth-order valence-corrected chi connectivity index (χ4v) is 1.99. The number of ether oxygens (including phenoxy) is 2. The minimum absolute atomic E-state index is 0.495. The van der Waals surface area contributed by atoms with Crippen molar-refractivity contribution in [2.75, 3.05) is 26.9 Å². The third kappa shape index (κ3) is 4.57. The molecule has 1 aromatic heterocycles. The zero-order chi connectivity index (χ0) is 13.4. The Hall–Kier alpha value is -0.620. The maximum absolute atomic E-state index is 10.1. The van der Waals surface area contributed by atoms with E-state index in [1.54, 1.807) is 18.0 Å². The molecule has 0 fully saturated rings. The van der Waals surface area contributed by atoms with E-state index >= 15 is 0 Å². The van der Waals surface area contributed by atoms with Gasteiger partial charge in [-0.2, -0.15) is 5.10 Å². The van der Waals surface area contributed by atoms with Gasteiger partial charge in [0, 0.05) is 20.3 Å². The van der Waals surface area contributed by atoms with Gasteiger partial charge in [0.25, 0.3) is 0 Å². The fourth-order valence-electron chi connectivity index (χ4n) is 1.72. The SMILES string of the molecule is CCOCCCC(O)c1c(Cl)cnn1CCOC. The van der Waals surface area contributed by atoms with Crippen LogP contribution in [0.2, 0.25) is 5.02 Å². The number of aliphatic hydroxyl groups is 1. The van der Waals surface area contributed by atoms with Gasteiger partial charge in [-0.25, -0.2) is 0 Å². The second-order valence-corrected chi connectivity index (χ2v) is 4.36. The molecule has 1 heterocycles. The predicted octanol–water partition coefficient (Wildman–Crippen LogP) is 2.03. The van der Waals surface area contributed by atoms with E-state index in [4.69, 9.17) is 21.1 Å². The van der Waals surface area contributed by atoms with E-state index in [2.05, 4.69) is 5.10 Å². The second-order valence-electron chi connectivity index (χ2n) is 3.95. The molecule has 18 heavy (non-hydrogen) atoms. The van der Waals surface area contributed by atoms with Gasteiger partial charge < -0.3 is 14.6 Å². The summed E-state index contributed by atoms with van der Waals surface area (Å²) in [6, 6.07) is 0. The molecule has 1 atom stereocenters. The van der Waals surface area contributed by atoms with Crippen LogP contribution in [0.15, 0.2) is 6.20 Å². The number of aliphatic hydroxyl groups excluding tert-OH is 1. The van der Waals surface area contributed by atoms with Crippen molar-refractivity contribution >= 4 is 11.6 Å². The van der Waals surface area contributed by atoms with Crippen molar-refractivity contribution in [1.82, 2.24) is 9.78 Å². The van der Waals surface area contributed by atoms with Gasteiger partial charge in [0.1, 0.15) is 0 Å².